The van der Waals surface area contributed by atoms with Crippen LogP contribution in [0.15, 0.2) is 36.4 Å². The Hall–Kier alpha value is -4.16. The highest BCUT2D eigenvalue weighted by Crippen LogP contribution is 2.29. The van der Waals surface area contributed by atoms with E-state index < -0.39 is 47.6 Å². The quantitative estimate of drug-likeness (QED) is 0.390. The average molecular weight is 511 g/mol. The zero-order chi connectivity index (χ0) is 26.5. The minimum atomic E-state index is -5.00. The molecule has 1 heterocycles. The summed E-state index contributed by atoms with van der Waals surface area (Å²) in [6.45, 7) is 1.65. The summed E-state index contributed by atoms with van der Waals surface area (Å²) in [5.74, 6) is -2.77. The first kappa shape index (κ1) is 26.4. The summed E-state index contributed by atoms with van der Waals surface area (Å²) in [7, 11) is 0. The number of hydrogen-bond donors (Lipinski definition) is 2. The summed E-state index contributed by atoms with van der Waals surface area (Å²) in [6, 6.07) is 5.94. The second-order valence-corrected chi connectivity index (χ2v) is 7.75. The molecule has 9 nitrogen and oxygen atoms in total. The van der Waals surface area contributed by atoms with Crippen LogP contribution in [0.2, 0.25) is 0 Å². The van der Waals surface area contributed by atoms with Crippen LogP contribution in [0.5, 0.6) is 5.75 Å². The highest BCUT2D eigenvalue weighted by Gasteiger charge is 2.36. The number of benzene rings is 2. The Bertz CT molecular complexity index is 1170. The summed E-state index contributed by atoms with van der Waals surface area (Å²) in [5.41, 5.74) is 0.742. The van der Waals surface area contributed by atoms with E-state index in [-0.39, 0.29) is 19.6 Å². The molecule has 2 aromatic rings. The number of halogens is 4. The molecule has 0 aromatic heterocycles. The highest BCUT2D eigenvalue weighted by atomic mass is 19.4. The fourth-order valence-corrected chi connectivity index (χ4v) is 3.66. The van der Waals surface area contributed by atoms with Crippen molar-refractivity contribution in [2.24, 2.45) is 0 Å². The molecule has 0 radical (unpaired) electrons. The number of carbonyl (C=O) groups excluding carboxylic acids is 4. The van der Waals surface area contributed by atoms with Crippen molar-refractivity contribution in [3.05, 3.63) is 58.9 Å². The van der Waals surface area contributed by atoms with Crippen LogP contribution < -0.4 is 15.4 Å². The minimum absolute atomic E-state index is 0.155. The van der Waals surface area contributed by atoms with Gasteiger partial charge < -0.3 is 14.4 Å². The Kier molecular flexibility index (Phi) is 8.12. The minimum Gasteiger partial charge on any atom is -0.444 e. The fraction of sp³-hybridized carbons (Fsp3) is 0.304. The summed E-state index contributed by atoms with van der Waals surface area (Å²) in [4.78, 5) is 49.2. The van der Waals surface area contributed by atoms with Gasteiger partial charge in [-0.3, -0.25) is 25.0 Å². The third-order valence-corrected chi connectivity index (χ3v) is 5.23. The van der Waals surface area contributed by atoms with Crippen molar-refractivity contribution in [3.8, 4) is 5.75 Å². The van der Waals surface area contributed by atoms with Crippen molar-refractivity contribution in [3.63, 3.8) is 0 Å². The molecule has 36 heavy (non-hydrogen) atoms. The number of ether oxygens (including phenoxy) is 2. The monoisotopic (exact) mass is 511 g/mol. The van der Waals surface area contributed by atoms with Crippen LogP contribution in [0.3, 0.4) is 0 Å². The van der Waals surface area contributed by atoms with E-state index in [1.165, 1.54) is 11.0 Å². The molecular weight excluding hydrogens is 490 g/mol. The molecule has 0 fully saturated rings. The largest absolute Gasteiger partial charge is 0.573 e. The normalized spacial score (nSPS) is 13.6. The molecule has 0 aliphatic carbocycles. The molecule has 192 valence electrons. The summed E-state index contributed by atoms with van der Waals surface area (Å²) >= 11 is 0. The molecule has 2 N–H and O–H groups in total. The molecule has 0 spiro atoms. The first-order valence-corrected chi connectivity index (χ1v) is 10.7. The van der Waals surface area contributed by atoms with Gasteiger partial charge in [-0.05, 0) is 35.7 Å². The Morgan fingerprint density at radius 1 is 1.19 bits per heavy atom. The van der Waals surface area contributed by atoms with Crippen molar-refractivity contribution in [1.29, 1.82) is 0 Å². The number of fused-ring (bicyclic) bond motifs is 1. The maximum Gasteiger partial charge on any atom is 0.573 e. The van der Waals surface area contributed by atoms with Gasteiger partial charge in [-0.15, -0.1) is 13.2 Å². The van der Waals surface area contributed by atoms with Gasteiger partial charge in [0.2, 0.25) is 12.3 Å². The van der Waals surface area contributed by atoms with E-state index in [2.05, 4.69) is 10.1 Å². The molecule has 3 rings (SSSR count). The van der Waals surface area contributed by atoms with E-state index in [1.807, 2.05) is 12.2 Å². The Balaban J connectivity index is 1.65. The lowest BCUT2D eigenvalue weighted by molar-refractivity contribution is -0.274. The molecule has 1 aliphatic heterocycles. The Labute approximate surface area is 202 Å². The molecule has 1 aliphatic rings. The summed E-state index contributed by atoms with van der Waals surface area (Å²) in [6.07, 6.45) is -4.95. The van der Waals surface area contributed by atoms with E-state index in [4.69, 9.17) is 4.74 Å². The maximum atomic E-state index is 13.9. The number of amides is 4. The van der Waals surface area contributed by atoms with Crippen molar-refractivity contribution in [1.82, 2.24) is 10.2 Å². The third-order valence-electron chi connectivity index (χ3n) is 5.23. The van der Waals surface area contributed by atoms with Gasteiger partial charge in [0, 0.05) is 18.2 Å². The van der Waals surface area contributed by atoms with Crippen LogP contribution in [0.25, 0.3) is 0 Å². The van der Waals surface area contributed by atoms with E-state index in [1.54, 1.807) is 12.1 Å². The first-order valence-electron chi connectivity index (χ1n) is 10.7. The number of hydrogen-bond acceptors (Lipinski definition) is 6. The fourth-order valence-electron chi connectivity index (χ4n) is 3.66. The number of anilines is 1. The molecule has 4 amide bonds. The molecule has 0 unspecified atom stereocenters. The van der Waals surface area contributed by atoms with Crippen molar-refractivity contribution < 1.29 is 46.2 Å². The predicted molar refractivity (Wildman–Crippen MR) is 116 cm³/mol. The molecule has 0 saturated carbocycles. The van der Waals surface area contributed by atoms with Gasteiger partial charge in [-0.2, -0.15) is 0 Å². The van der Waals surface area contributed by atoms with Crippen LogP contribution >= 0.6 is 0 Å². The van der Waals surface area contributed by atoms with Gasteiger partial charge in [-0.1, -0.05) is 25.5 Å². The van der Waals surface area contributed by atoms with Gasteiger partial charge in [0.05, 0.1) is 5.69 Å². The van der Waals surface area contributed by atoms with Crippen molar-refractivity contribution in [2.75, 3.05) is 5.32 Å². The SMILES string of the molecule is CCC[C@@H](C(=O)NC=O)N1Cc2ccc(COC(=O)Nc3cc(OC(F)(F)F)ccc3F)cc2C1=O. The topological polar surface area (TPSA) is 114 Å². The van der Waals surface area contributed by atoms with Crippen molar-refractivity contribution >= 4 is 30.0 Å². The Morgan fingerprint density at radius 2 is 1.94 bits per heavy atom. The molecule has 0 saturated heterocycles. The van der Waals surface area contributed by atoms with Crippen LogP contribution in [0.1, 0.15) is 41.3 Å². The second kappa shape index (κ2) is 11.1. The zero-order valence-electron chi connectivity index (χ0n) is 18.9. The van der Waals surface area contributed by atoms with E-state index in [0.29, 0.717) is 41.7 Å². The average Bonchev–Trinajstić information content (AvgIpc) is 3.13. The van der Waals surface area contributed by atoms with Gasteiger partial charge in [0.15, 0.2) is 0 Å². The van der Waals surface area contributed by atoms with E-state index in [0.717, 1.165) is 6.07 Å². The molecule has 2 aromatic carbocycles. The molecule has 1 atom stereocenters. The van der Waals surface area contributed by atoms with Crippen LogP contribution in [-0.2, 0) is 27.5 Å². The van der Waals surface area contributed by atoms with Crippen LogP contribution in [0.4, 0.5) is 28.0 Å². The van der Waals surface area contributed by atoms with Crippen LogP contribution in [-0.4, -0.2) is 41.6 Å². The number of carbonyl (C=O) groups is 4. The number of nitrogens with zero attached hydrogens (tertiary/aromatic N) is 1. The number of alkyl halides is 3. The van der Waals surface area contributed by atoms with E-state index >= 15 is 0 Å². The zero-order valence-corrected chi connectivity index (χ0v) is 18.9. The molecule has 13 heteroatoms. The molecular formula is C23H21F4N3O6. The van der Waals surface area contributed by atoms with Gasteiger partial charge in [0.1, 0.15) is 24.2 Å². The number of imide groups is 1. The van der Waals surface area contributed by atoms with Crippen LogP contribution in [0, 0.1) is 5.82 Å². The first-order chi connectivity index (χ1) is 17.0. The van der Waals surface area contributed by atoms with Crippen molar-refractivity contribution in [2.45, 2.75) is 45.3 Å². The van der Waals surface area contributed by atoms with Gasteiger partial charge in [0.25, 0.3) is 5.91 Å². The van der Waals surface area contributed by atoms with E-state index in [9.17, 15) is 36.7 Å². The summed E-state index contributed by atoms with van der Waals surface area (Å²) < 4.78 is 59.7. The predicted octanol–water partition coefficient (Wildman–Crippen LogP) is 3.87. The second-order valence-electron chi connectivity index (χ2n) is 7.75. The lowest BCUT2D eigenvalue weighted by Gasteiger charge is -2.25. The molecule has 0 bridgehead atoms. The van der Waals surface area contributed by atoms with Gasteiger partial charge >= 0.3 is 12.5 Å². The van der Waals surface area contributed by atoms with Gasteiger partial charge in [-0.25, -0.2) is 9.18 Å². The highest BCUT2D eigenvalue weighted by molar-refractivity contribution is 6.02. The third kappa shape index (κ3) is 6.49. The lowest BCUT2D eigenvalue weighted by Crippen LogP contribution is -2.46. The standard InChI is InChI=1S/C23H21F4N3O6/c1-2-3-19(20(32)28-12-31)30-10-14-5-4-13(8-16(14)21(30)33)11-35-22(34)29-18-9-15(6-7-17(18)24)36-23(25,26)27/h4-9,12,19H,2-3,10-11H2,1H3,(H,29,34)(H,28,31,32)/t19-/m0/s1. The maximum absolute atomic E-state index is 13.9. The number of rotatable bonds is 9. The Morgan fingerprint density at radius 3 is 2.61 bits per heavy atom. The summed E-state index contributed by atoms with van der Waals surface area (Å²) in [5, 5.41) is 4.07. The number of nitrogens with one attached hydrogen (secondary N) is 2. The smallest absolute Gasteiger partial charge is 0.444 e. The lowest BCUT2D eigenvalue weighted by atomic mass is 10.1.